The van der Waals surface area contributed by atoms with Crippen LogP contribution in [0.4, 0.5) is 0 Å². The Morgan fingerprint density at radius 3 is 2.71 bits per heavy atom. The third-order valence-electron chi connectivity index (χ3n) is 8.96. The fraction of sp³-hybridized carbons (Fsp3) is 0.680. The summed E-state index contributed by atoms with van der Waals surface area (Å²) in [6.45, 7) is 6.44. The molecule has 0 aromatic heterocycles. The van der Waals surface area contributed by atoms with E-state index < -0.39 is 11.6 Å². The van der Waals surface area contributed by atoms with Gasteiger partial charge in [-0.05, 0) is 79.9 Å². The monoisotopic (exact) mass is 429 g/mol. The summed E-state index contributed by atoms with van der Waals surface area (Å²) in [4.78, 5) is 23.9. The summed E-state index contributed by atoms with van der Waals surface area (Å²) in [6.07, 6.45) is 10.6. The third kappa shape index (κ3) is 3.09. The lowest BCUT2D eigenvalue weighted by Crippen LogP contribution is -2.61. The maximum absolute atomic E-state index is 12.6. The number of aliphatic hydroxyl groups is 1. The minimum Gasteiger partial charge on any atom is -0.501 e. The first kappa shape index (κ1) is 22.1. The Morgan fingerprint density at radius 2 is 2.03 bits per heavy atom. The van der Waals surface area contributed by atoms with Crippen molar-refractivity contribution in [2.24, 2.45) is 22.7 Å². The van der Waals surface area contributed by atoms with Crippen molar-refractivity contribution < 1.29 is 24.2 Å². The summed E-state index contributed by atoms with van der Waals surface area (Å²) in [5, 5.41) is 14.8. The van der Waals surface area contributed by atoms with Crippen molar-refractivity contribution in [1.29, 1.82) is 0 Å². The lowest BCUT2D eigenvalue weighted by molar-refractivity contribution is -0.172. The van der Waals surface area contributed by atoms with Crippen molar-refractivity contribution in [3.8, 4) is 0 Å². The molecule has 4 aliphatic rings. The van der Waals surface area contributed by atoms with Gasteiger partial charge in [-0.15, -0.1) is 0 Å². The number of ether oxygens (including phenoxy) is 2. The molecular formula is C25H35NO5. The number of carbonyl (C=O) groups is 2. The fourth-order valence-corrected chi connectivity index (χ4v) is 7.15. The third-order valence-corrected chi connectivity index (χ3v) is 8.96. The van der Waals surface area contributed by atoms with E-state index in [-0.39, 0.29) is 29.3 Å². The maximum atomic E-state index is 12.6. The van der Waals surface area contributed by atoms with Gasteiger partial charge in [0.1, 0.15) is 5.70 Å². The number of hydrogen-bond acceptors (Lipinski definition) is 5. The molecule has 2 fully saturated rings. The molecule has 4 rings (SSSR count). The molecule has 2 N–H and O–H groups in total. The quantitative estimate of drug-likeness (QED) is 0.395. The largest absolute Gasteiger partial charge is 0.501 e. The predicted octanol–water partition coefficient (Wildman–Crippen LogP) is 3.77. The Hall–Kier alpha value is -2.08. The molecule has 0 radical (unpaired) electrons. The first-order valence-electron chi connectivity index (χ1n) is 11.5. The van der Waals surface area contributed by atoms with Crippen molar-refractivity contribution in [2.75, 3.05) is 13.7 Å². The fourth-order valence-electron chi connectivity index (χ4n) is 7.15. The highest BCUT2D eigenvalue weighted by Crippen LogP contribution is 2.67. The van der Waals surface area contributed by atoms with Crippen LogP contribution in [0.5, 0.6) is 0 Å². The molecule has 170 valence electrons. The van der Waals surface area contributed by atoms with E-state index in [1.807, 2.05) is 0 Å². The Labute approximate surface area is 184 Å². The van der Waals surface area contributed by atoms with Crippen molar-refractivity contribution in [1.82, 2.24) is 5.32 Å². The molecule has 0 saturated heterocycles. The zero-order valence-corrected chi connectivity index (χ0v) is 19.1. The van der Waals surface area contributed by atoms with Gasteiger partial charge in [0.25, 0.3) is 0 Å². The molecule has 0 heterocycles. The van der Waals surface area contributed by atoms with Crippen LogP contribution in [0.25, 0.3) is 0 Å². The second-order valence-electron chi connectivity index (χ2n) is 9.97. The molecule has 31 heavy (non-hydrogen) atoms. The summed E-state index contributed by atoms with van der Waals surface area (Å²) < 4.78 is 10.7. The highest BCUT2D eigenvalue weighted by Gasteiger charge is 2.64. The van der Waals surface area contributed by atoms with Crippen molar-refractivity contribution in [2.45, 2.75) is 71.3 Å². The standard InChI is InChI=1S/C25H35NO5/c1-5-31-22(28)21(26-15-27)20-9-8-18-19-7-6-16-14-17(30-4)10-11-24(16,3)25(19,29)13-12-23(18,20)2/h6,14-15,18-19,29H,5,7-13H2,1-4H3,(H,26,27)/t18-,19-,23-,24-,25+/m0/s1. The minimum absolute atomic E-state index is 0.120. The molecule has 6 nitrogen and oxygen atoms in total. The highest BCUT2D eigenvalue weighted by atomic mass is 16.5. The first-order valence-corrected chi connectivity index (χ1v) is 11.5. The smallest absolute Gasteiger partial charge is 0.354 e. The minimum atomic E-state index is -0.783. The van der Waals surface area contributed by atoms with Gasteiger partial charge in [0, 0.05) is 11.8 Å². The van der Waals surface area contributed by atoms with E-state index in [0.29, 0.717) is 18.5 Å². The van der Waals surface area contributed by atoms with Gasteiger partial charge in [-0.1, -0.05) is 19.9 Å². The van der Waals surface area contributed by atoms with E-state index in [2.05, 4.69) is 31.3 Å². The second kappa shape index (κ2) is 7.80. The summed E-state index contributed by atoms with van der Waals surface area (Å²) in [6, 6.07) is 0. The van der Waals surface area contributed by atoms with Crippen LogP contribution >= 0.6 is 0 Å². The number of nitrogens with one attached hydrogen (secondary N) is 1. The van der Waals surface area contributed by atoms with Gasteiger partial charge in [0.15, 0.2) is 0 Å². The number of fused-ring (bicyclic) bond motifs is 5. The summed E-state index contributed by atoms with van der Waals surface area (Å²) in [5.74, 6) is 0.891. The molecule has 6 heteroatoms. The molecule has 2 saturated carbocycles. The number of methoxy groups -OCH3 is 1. The van der Waals surface area contributed by atoms with Crippen LogP contribution in [0.3, 0.4) is 0 Å². The molecule has 0 bridgehead atoms. The van der Waals surface area contributed by atoms with Gasteiger partial charge in [-0.2, -0.15) is 0 Å². The van der Waals surface area contributed by atoms with Gasteiger partial charge in [-0.3, -0.25) is 4.79 Å². The molecule has 0 aliphatic heterocycles. The average molecular weight is 430 g/mol. The normalized spacial score (nSPS) is 40.4. The van der Waals surface area contributed by atoms with Crippen LogP contribution in [-0.2, 0) is 19.1 Å². The predicted molar refractivity (Wildman–Crippen MR) is 116 cm³/mol. The van der Waals surface area contributed by atoms with E-state index in [0.717, 1.165) is 49.9 Å². The Bertz CT molecular complexity index is 873. The highest BCUT2D eigenvalue weighted by molar-refractivity contribution is 5.91. The van der Waals surface area contributed by atoms with Crippen LogP contribution < -0.4 is 5.32 Å². The number of hydrogen-bond donors (Lipinski definition) is 2. The Kier molecular flexibility index (Phi) is 5.57. The Morgan fingerprint density at radius 1 is 1.26 bits per heavy atom. The number of rotatable bonds is 5. The molecule has 4 aliphatic carbocycles. The molecule has 0 unspecified atom stereocenters. The lowest BCUT2D eigenvalue weighted by atomic mass is 9.46. The van der Waals surface area contributed by atoms with E-state index >= 15 is 0 Å². The topological polar surface area (TPSA) is 84.9 Å². The SMILES string of the molecule is CCOC(=O)C(NC=O)=C1CC[C@H]2[C@@H]3CC=C4C=C(OC)CC[C@]4(C)[C@@]3(O)CC[C@]12C. The van der Waals surface area contributed by atoms with Crippen LogP contribution in [0.15, 0.2) is 34.8 Å². The van der Waals surface area contributed by atoms with Gasteiger partial charge in [0.2, 0.25) is 6.41 Å². The van der Waals surface area contributed by atoms with Gasteiger partial charge in [-0.25, -0.2) is 4.79 Å². The van der Waals surface area contributed by atoms with Crippen LogP contribution in [0, 0.1) is 22.7 Å². The van der Waals surface area contributed by atoms with Crippen molar-refractivity contribution in [3.05, 3.63) is 34.8 Å². The van der Waals surface area contributed by atoms with Gasteiger partial charge >= 0.3 is 5.97 Å². The van der Waals surface area contributed by atoms with Gasteiger partial charge < -0.3 is 19.9 Å². The maximum Gasteiger partial charge on any atom is 0.354 e. The molecular weight excluding hydrogens is 394 g/mol. The van der Waals surface area contributed by atoms with Crippen LogP contribution in [0.1, 0.15) is 65.7 Å². The number of allylic oxidation sites excluding steroid dienone is 4. The zero-order valence-electron chi connectivity index (χ0n) is 19.1. The van der Waals surface area contributed by atoms with E-state index in [4.69, 9.17) is 9.47 Å². The zero-order chi connectivity index (χ0) is 22.4. The lowest BCUT2D eigenvalue weighted by Gasteiger charge is -2.61. The first-order chi connectivity index (χ1) is 14.7. The second-order valence-corrected chi connectivity index (χ2v) is 9.97. The van der Waals surface area contributed by atoms with Crippen LogP contribution in [-0.4, -0.2) is 36.8 Å². The molecule has 0 spiro atoms. The molecule has 5 atom stereocenters. The summed E-state index contributed by atoms with van der Waals surface area (Å²) in [5.41, 5.74) is 1.16. The van der Waals surface area contributed by atoms with Crippen LogP contribution in [0.2, 0.25) is 0 Å². The summed E-state index contributed by atoms with van der Waals surface area (Å²) >= 11 is 0. The number of esters is 1. The summed E-state index contributed by atoms with van der Waals surface area (Å²) in [7, 11) is 1.71. The Balaban J connectivity index is 1.73. The van der Waals surface area contributed by atoms with E-state index in [1.54, 1.807) is 14.0 Å². The molecule has 0 aromatic carbocycles. The average Bonchev–Trinajstić information content (AvgIpc) is 3.09. The van der Waals surface area contributed by atoms with E-state index in [9.17, 15) is 14.7 Å². The number of amides is 1. The van der Waals surface area contributed by atoms with Crippen molar-refractivity contribution >= 4 is 12.4 Å². The van der Waals surface area contributed by atoms with E-state index in [1.165, 1.54) is 5.57 Å². The number of carbonyl (C=O) groups excluding carboxylic acids is 2. The van der Waals surface area contributed by atoms with Gasteiger partial charge in [0.05, 0.1) is 25.1 Å². The van der Waals surface area contributed by atoms with Crippen molar-refractivity contribution in [3.63, 3.8) is 0 Å². The molecule has 1 amide bonds. The molecule has 0 aromatic rings.